The van der Waals surface area contributed by atoms with Gasteiger partial charge in [0.15, 0.2) is 5.78 Å². The molecular formula is C17H14F2O. The van der Waals surface area contributed by atoms with Gasteiger partial charge in [-0.3, -0.25) is 4.79 Å². The molecule has 0 spiro atoms. The molecule has 0 unspecified atom stereocenters. The summed E-state index contributed by atoms with van der Waals surface area (Å²) in [6.07, 6.45) is 3.62. The molecule has 1 fully saturated rings. The summed E-state index contributed by atoms with van der Waals surface area (Å²) < 4.78 is 26.7. The van der Waals surface area contributed by atoms with Gasteiger partial charge in [-0.1, -0.05) is 30.7 Å². The van der Waals surface area contributed by atoms with Crippen LogP contribution in [0.5, 0.6) is 0 Å². The zero-order chi connectivity index (χ0) is 14.1. The van der Waals surface area contributed by atoms with Crippen LogP contribution in [0.3, 0.4) is 0 Å². The van der Waals surface area contributed by atoms with Gasteiger partial charge in [-0.2, -0.15) is 0 Å². The van der Waals surface area contributed by atoms with E-state index in [1.165, 1.54) is 24.8 Å². The first-order valence-corrected chi connectivity index (χ1v) is 6.75. The molecule has 1 saturated carbocycles. The molecule has 102 valence electrons. The van der Waals surface area contributed by atoms with Crippen LogP contribution in [-0.4, -0.2) is 5.78 Å². The van der Waals surface area contributed by atoms with Gasteiger partial charge in [-0.25, -0.2) is 8.78 Å². The third kappa shape index (κ3) is 2.36. The van der Waals surface area contributed by atoms with E-state index in [-0.39, 0.29) is 5.56 Å². The SMILES string of the molecule is O=C(c1ccc(C2CCC2)cc1)c1cc(F)ccc1F. The van der Waals surface area contributed by atoms with Crippen LogP contribution < -0.4 is 0 Å². The van der Waals surface area contributed by atoms with Crippen molar-refractivity contribution < 1.29 is 13.6 Å². The molecule has 3 rings (SSSR count). The number of hydrogen-bond acceptors (Lipinski definition) is 1. The lowest BCUT2D eigenvalue weighted by Crippen LogP contribution is -2.09. The van der Waals surface area contributed by atoms with Crippen molar-refractivity contribution in [2.75, 3.05) is 0 Å². The molecule has 1 nitrogen and oxygen atoms in total. The van der Waals surface area contributed by atoms with Gasteiger partial charge >= 0.3 is 0 Å². The third-order valence-electron chi connectivity index (χ3n) is 3.92. The summed E-state index contributed by atoms with van der Waals surface area (Å²) >= 11 is 0. The molecule has 0 aromatic heterocycles. The minimum Gasteiger partial charge on any atom is -0.288 e. The van der Waals surface area contributed by atoms with E-state index in [0.717, 1.165) is 18.2 Å². The smallest absolute Gasteiger partial charge is 0.196 e. The summed E-state index contributed by atoms with van der Waals surface area (Å²) in [5.74, 6) is -1.20. The molecule has 20 heavy (non-hydrogen) atoms. The molecule has 0 heterocycles. The second-order valence-corrected chi connectivity index (χ2v) is 5.20. The summed E-state index contributed by atoms with van der Waals surface area (Å²) in [6, 6.07) is 10.1. The molecule has 2 aromatic rings. The van der Waals surface area contributed by atoms with E-state index in [2.05, 4.69) is 0 Å². The molecule has 0 saturated heterocycles. The first-order valence-electron chi connectivity index (χ1n) is 6.75. The molecule has 2 aromatic carbocycles. The maximum absolute atomic E-state index is 13.6. The van der Waals surface area contributed by atoms with Crippen LogP contribution in [0.1, 0.15) is 46.7 Å². The van der Waals surface area contributed by atoms with E-state index >= 15 is 0 Å². The zero-order valence-electron chi connectivity index (χ0n) is 10.9. The summed E-state index contributed by atoms with van der Waals surface area (Å²) in [7, 11) is 0. The fourth-order valence-corrected chi connectivity index (χ4v) is 2.48. The predicted octanol–water partition coefficient (Wildman–Crippen LogP) is 4.46. The largest absolute Gasteiger partial charge is 0.288 e. The highest BCUT2D eigenvalue weighted by atomic mass is 19.1. The van der Waals surface area contributed by atoms with Gasteiger partial charge in [0, 0.05) is 5.56 Å². The van der Waals surface area contributed by atoms with Gasteiger partial charge in [0.1, 0.15) is 11.6 Å². The Balaban J connectivity index is 1.88. The van der Waals surface area contributed by atoms with Crippen molar-refractivity contribution in [3.63, 3.8) is 0 Å². The number of hydrogen-bond donors (Lipinski definition) is 0. The van der Waals surface area contributed by atoms with Crippen molar-refractivity contribution in [3.8, 4) is 0 Å². The number of rotatable bonds is 3. The highest BCUT2D eigenvalue weighted by molar-refractivity contribution is 6.09. The van der Waals surface area contributed by atoms with Crippen LogP contribution in [0.2, 0.25) is 0 Å². The second kappa shape index (κ2) is 5.16. The number of benzene rings is 2. The Hall–Kier alpha value is -2.03. The van der Waals surface area contributed by atoms with Crippen molar-refractivity contribution in [2.24, 2.45) is 0 Å². The average Bonchev–Trinajstić information content (AvgIpc) is 2.40. The van der Waals surface area contributed by atoms with Gasteiger partial charge in [-0.05, 0) is 42.5 Å². The molecule has 0 atom stereocenters. The number of ketones is 1. The highest BCUT2D eigenvalue weighted by Gasteiger charge is 2.20. The molecule has 0 N–H and O–H groups in total. The molecule has 0 radical (unpaired) electrons. The van der Waals surface area contributed by atoms with Gasteiger partial charge in [-0.15, -0.1) is 0 Å². The van der Waals surface area contributed by atoms with Crippen LogP contribution in [0.4, 0.5) is 8.78 Å². The van der Waals surface area contributed by atoms with E-state index in [1.54, 1.807) is 12.1 Å². The van der Waals surface area contributed by atoms with E-state index < -0.39 is 17.4 Å². The number of carbonyl (C=O) groups excluding carboxylic acids is 1. The van der Waals surface area contributed by atoms with Gasteiger partial charge in [0.05, 0.1) is 5.56 Å². The van der Waals surface area contributed by atoms with Crippen LogP contribution in [-0.2, 0) is 0 Å². The number of halogens is 2. The summed E-state index contributed by atoms with van der Waals surface area (Å²) in [6.45, 7) is 0. The molecule has 1 aliphatic carbocycles. The van der Waals surface area contributed by atoms with Crippen molar-refractivity contribution in [1.82, 2.24) is 0 Å². The lowest BCUT2D eigenvalue weighted by Gasteiger charge is -2.25. The zero-order valence-corrected chi connectivity index (χ0v) is 10.9. The minimum atomic E-state index is -0.695. The molecule has 0 aliphatic heterocycles. The van der Waals surface area contributed by atoms with Crippen LogP contribution in [0.25, 0.3) is 0 Å². The Morgan fingerprint density at radius 2 is 1.70 bits per heavy atom. The van der Waals surface area contributed by atoms with Crippen molar-refractivity contribution in [3.05, 3.63) is 70.8 Å². The molecule has 3 heteroatoms. The molecule has 0 bridgehead atoms. The average molecular weight is 272 g/mol. The first kappa shape index (κ1) is 13.0. The topological polar surface area (TPSA) is 17.1 Å². The van der Waals surface area contributed by atoms with E-state index in [9.17, 15) is 13.6 Å². The highest BCUT2D eigenvalue weighted by Crippen LogP contribution is 2.36. The quantitative estimate of drug-likeness (QED) is 0.754. The monoisotopic (exact) mass is 272 g/mol. The Morgan fingerprint density at radius 3 is 2.30 bits per heavy atom. The Bertz CT molecular complexity index is 643. The first-order chi connectivity index (χ1) is 9.65. The number of carbonyl (C=O) groups is 1. The van der Waals surface area contributed by atoms with Crippen LogP contribution in [0.15, 0.2) is 42.5 Å². The lowest BCUT2D eigenvalue weighted by molar-refractivity contribution is 0.103. The predicted molar refractivity (Wildman–Crippen MR) is 72.8 cm³/mol. The van der Waals surface area contributed by atoms with Gasteiger partial charge < -0.3 is 0 Å². The fraction of sp³-hybridized carbons (Fsp3) is 0.235. The van der Waals surface area contributed by atoms with Crippen LogP contribution >= 0.6 is 0 Å². The maximum Gasteiger partial charge on any atom is 0.196 e. The normalized spacial score (nSPS) is 14.9. The van der Waals surface area contributed by atoms with E-state index in [4.69, 9.17) is 0 Å². The van der Waals surface area contributed by atoms with Crippen molar-refractivity contribution in [1.29, 1.82) is 0 Å². The molecule has 0 amide bonds. The minimum absolute atomic E-state index is 0.221. The molecule has 1 aliphatic rings. The van der Waals surface area contributed by atoms with Crippen LogP contribution in [0, 0.1) is 11.6 Å². The Kier molecular flexibility index (Phi) is 3.35. The maximum atomic E-state index is 13.6. The molecular weight excluding hydrogens is 258 g/mol. The van der Waals surface area contributed by atoms with E-state index in [1.807, 2.05) is 12.1 Å². The lowest BCUT2D eigenvalue weighted by atomic mass is 9.80. The third-order valence-corrected chi connectivity index (χ3v) is 3.92. The Morgan fingerprint density at radius 1 is 1.00 bits per heavy atom. The van der Waals surface area contributed by atoms with Crippen molar-refractivity contribution >= 4 is 5.78 Å². The summed E-state index contributed by atoms with van der Waals surface area (Å²) in [5.41, 5.74) is 1.38. The summed E-state index contributed by atoms with van der Waals surface area (Å²) in [5, 5.41) is 0. The standard InChI is InChI=1S/C17H14F2O/c18-14-8-9-16(19)15(10-14)17(20)13-6-4-12(5-7-13)11-2-1-3-11/h4-11H,1-3H2. The van der Waals surface area contributed by atoms with E-state index in [0.29, 0.717) is 11.5 Å². The fourth-order valence-electron chi connectivity index (χ4n) is 2.48. The Labute approximate surface area is 116 Å². The summed E-state index contributed by atoms with van der Waals surface area (Å²) in [4.78, 5) is 12.2. The second-order valence-electron chi connectivity index (χ2n) is 5.20. The van der Waals surface area contributed by atoms with Gasteiger partial charge in [0.2, 0.25) is 0 Å². The van der Waals surface area contributed by atoms with Crippen molar-refractivity contribution in [2.45, 2.75) is 25.2 Å². The van der Waals surface area contributed by atoms with Gasteiger partial charge in [0.25, 0.3) is 0 Å².